The highest BCUT2D eigenvalue weighted by atomic mass is 35.5. The van der Waals surface area contributed by atoms with Crippen molar-refractivity contribution < 1.29 is 8.78 Å². The van der Waals surface area contributed by atoms with Crippen LogP contribution in [0.1, 0.15) is 11.1 Å². The van der Waals surface area contributed by atoms with Gasteiger partial charge in [-0.3, -0.25) is 4.68 Å². The van der Waals surface area contributed by atoms with Gasteiger partial charge in [-0.1, -0.05) is 12.1 Å². The first-order valence-electron chi connectivity index (χ1n) is 5.77. The van der Waals surface area contributed by atoms with Gasteiger partial charge in [0.2, 0.25) is 0 Å². The third-order valence-corrected chi connectivity index (χ3v) is 2.61. The molecule has 0 aliphatic heterocycles. The van der Waals surface area contributed by atoms with Crippen LogP contribution in [0.25, 0.3) is 0 Å². The zero-order valence-corrected chi connectivity index (χ0v) is 11.4. The van der Waals surface area contributed by atoms with Crippen molar-refractivity contribution in [3.8, 4) is 0 Å². The van der Waals surface area contributed by atoms with Crippen LogP contribution >= 0.6 is 12.4 Å². The second-order valence-electron chi connectivity index (χ2n) is 4.10. The van der Waals surface area contributed by atoms with Crippen LogP contribution < -0.4 is 5.32 Å². The van der Waals surface area contributed by atoms with Gasteiger partial charge in [-0.25, -0.2) is 8.78 Å². The van der Waals surface area contributed by atoms with Crippen molar-refractivity contribution in [2.45, 2.75) is 20.0 Å². The highest BCUT2D eigenvalue weighted by Gasteiger charge is 2.04. The van der Waals surface area contributed by atoms with Crippen molar-refractivity contribution >= 4 is 18.2 Å². The number of aryl methyl sites for hydroxylation is 2. The average Bonchev–Trinajstić information content (AvgIpc) is 2.68. The summed E-state index contributed by atoms with van der Waals surface area (Å²) in [6, 6.07) is 6.39. The topological polar surface area (TPSA) is 29.9 Å². The quantitative estimate of drug-likeness (QED) is 0.914. The van der Waals surface area contributed by atoms with E-state index in [1.54, 1.807) is 16.9 Å². The summed E-state index contributed by atoms with van der Waals surface area (Å²) < 4.78 is 26.7. The fourth-order valence-corrected chi connectivity index (χ4v) is 1.73. The molecule has 1 aromatic carbocycles. The summed E-state index contributed by atoms with van der Waals surface area (Å²) in [6.45, 7) is 2.20. The summed E-state index contributed by atoms with van der Waals surface area (Å²) in [6.07, 6.45) is 1.79. The second kappa shape index (κ2) is 7.09. The SMILES string of the molecule is Cc1cn(CCF)nc1NCc1cccc(F)c1.Cl. The smallest absolute Gasteiger partial charge is 0.151 e. The number of hydrogen-bond donors (Lipinski definition) is 1. The Balaban J connectivity index is 0.00000180. The van der Waals surface area contributed by atoms with E-state index in [9.17, 15) is 8.78 Å². The lowest BCUT2D eigenvalue weighted by atomic mass is 10.2. The molecule has 3 nitrogen and oxygen atoms in total. The maximum Gasteiger partial charge on any atom is 0.151 e. The number of aromatic nitrogens is 2. The zero-order chi connectivity index (χ0) is 13.0. The lowest BCUT2D eigenvalue weighted by Gasteiger charge is -2.04. The number of anilines is 1. The molecule has 1 aromatic heterocycles. The van der Waals surface area contributed by atoms with Gasteiger partial charge in [-0.05, 0) is 24.6 Å². The zero-order valence-electron chi connectivity index (χ0n) is 10.6. The lowest BCUT2D eigenvalue weighted by Crippen LogP contribution is -2.04. The Hall–Kier alpha value is -1.62. The monoisotopic (exact) mass is 287 g/mol. The van der Waals surface area contributed by atoms with E-state index in [2.05, 4.69) is 10.4 Å². The first-order chi connectivity index (χ1) is 8.69. The number of hydrogen-bond acceptors (Lipinski definition) is 2. The number of halogens is 3. The Morgan fingerprint density at radius 3 is 2.84 bits per heavy atom. The van der Waals surface area contributed by atoms with Crippen molar-refractivity contribution in [3.05, 3.63) is 47.4 Å². The first kappa shape index (κ1) is 15.4. The summed E-state index contributed by atoms with van der Waals surface area (Å²) in [4.78, 5) is 0. The van der Waals surface area contributed by atoms with Crippen molar-refractivity contribution in [1.29, 1.82) is 0 Å². The fourth-order valence-electron chi connectivity index (χ4n) is 1.73. The summed E-state index contributed by atoms with van der Waals surface area (Å²) in [5, 5.41) is 7.32. The van der Waals surface area contributed by atoms with Gasteiger partial charge in [0.05, 0.1) is 6.54 Å². The van der Waals surface area contributed by atoms with E-state index in [0.29, 0.717) is 12.4 Å². The number of alkyl halides is 1. The molecule has 0 saturated carbocycles. The Morgan fingerprint density at radius 2 is 2.16 bits per heavy atom. The molecule has 1 N–H and O–H groups in total. The normalized spacial score (nSPS) is 10.1. The molecule has 2 rings (SSSR count). The van der Waals surface area contributed by atoms with Crippen LogP contribution in [0, 0.1) is 12.7 Å². The van der Waals surface area contributed by atoms with Crippen LogP contribution in [-0.4, -0.2) is 16.5 Å². The molecule has 0 aliphatic carbocycles. The third kappa shape index (κ3) is 4.21. The summed E-state index contributed by atoms with van der Waals surface area (Å²) in [7, 11) is 0. The van der Waals surface area contributed by atoms with Crippen LogP contribution in [-0.2, 0) is 13.1 Å². The van der Waals surface area contributed by atoms with Crippen LogP contribution in [0.4, 0.5) is 14.6 Å². The standard InChI is InChI=1S/C13H15F2N3.ClH/c1-10-9-18(6-5-14)17-13(10)16-8-11-3-2-4-12(15)7-11;/h2-4,7,9H,5-6,8H2,1H3,(H,16,17);1H. The van der Waals surface area contributed by atoms with E-state index in [0.717, 1.165) is 11.1 Å². The summed E-state index contributed by atoms with van der Waals surface area (Å²) in [5.41, 5.74) is 1.79. The number of nitrogens with one attached hydrogen (secondary N) is 1. The van der Waals surface area contributed by atoms with E-state index in [-0.39, 0.29) is 24.8 Å². The predicted octanol–water partition coefficient (Wildman–Crippen LogP) is 3.33. The molecule has 0 fully saturated rings. The van der Waals surface area contributed by atoms with Crippen LogP contribution in [0.15, 0.2) is 30.5 Å². The molecule has 0 spiro atoms. The van der Waals surface area contributed by atoms with Gasteiger partial charge in [-0.2, -0.15) is 5.10 Å². The predicted molar refractivity (Wildman–Crippen MR) is 73.9 cm³/mol. The van der Waals surface area contributed by atoms with Crippen molar-refractivity contribution in [3.63, 3.8) is 0 Å². The highest BCUT2D eigenvalue weighted by molar-refractivity contribution is 5.85. The van der Waals surface area contributed by atoms with Gasteiger partial charge in [0.1, 0.15) is 12.5 Å². The second-order valence-corrected chi connectivity index (χ2v) is 4.10. The minimum absolute atomic E-state index is 0. The molecule has 6 heteroatoms. The van der Waals surface area contributed by atoms with Crippen LogP contribution in [0.3, 0.4) is 0 Å². The number of rotatable bonds is 5. The highest BCUT2D eigenvalue weighted by Crippen LogP contribution is 2.13. The molecule has 1 heterocycles. The van der Waals surface area contributed by atoms with Gasteiger partial charge in [0.25, 0.3) is 0 Å². The largest absolute Gasteiger partial charge is 0.364 e. The van der Waals surface area contributed by atoms with E-state index in [1.165, 1.54) is 12.1 Å². The molecule has 0 unspecified atom stereocenters. The molecule has 2 aromatic rings. The summed E-state index contributed by atoms with van der Waals surface area (Å²) >= 11 is 0. The van der Waals surface area contributed by atoms with Gasteiger partial charge in [0.15, 0.2) is 5.82 Å². The lowest BCUT2D eigenvalue weighted by molar-refractivity contribution is 0.427. The van der Waals surface area contributed by atoms with Gasteiger partial charge >= 0.3 is 0 Å². The van der Waals surface area contributed by atoms with E-state index < -0.39 is 6.67 Å². The first-order valence-corrected chi connectivity index (χ1v) is 5.77. The van der Waals surface area contributed by atoms with E-state index in [1.807, 2.05) is 13.0 Å². The maximum atomic E-state index is 13.0. The van der Waals surface area contributed by atoms with Crippen LogP contribution in [0.5, 0.6) is 0 Å². The molecule has 104 valence electrons. The molecule has 0 amide bonds. The van der Waals surface area contributed by atoms with Crippen LogP contribution in [0.2, 0.25) is 0 Å². The average molecular weight is 288 g/mol. The minimum Gasteiger partial charge on any atom is -0.364 e. The Morgan fingerprint density at radius 1 is 1.37 bits per heavy atom. The van der Waals surface area contributed by atoms with E-state index in [4.69, 9.17) is 0 Å². The molecule has 0 radical (unpaired) electrons. The molecule has 0 atom stereocenters. The number of nitrogens with zero attached hydrogens (tertiary/aromatic N) is 2. The fraction of sp³-hybridized carbons (Fsp3) is 0.308. The van der Waals surface area contributed by atoms with Crippen molar-refractivity contribution in [2.24, 2.45) is 0 Å². The maximum absolute atomic E-state index is 13.0. The van der Waals surface area contributed by atoms with Crippen molar-refractivity contribution in [1.82, 2.24) is 9.78 Å². The summed E-state index contributed by atoms with van der Waals surface area (Å²) in [5.74, 6) is 0.446. The van der Waals surface area contributed by atoms with Gasteiger partial charge in [0, 0.05) is 18.3 Å². The molecule has 0 aliphatic rings. The number of benzene rings is 1. The minimum atomic E-state index is -0.440. The Labute approximate surface area is 117 Å². The van der Waals surface area contributed by atoms with Gasteiger partial charge in [-0.15, -0.1) is 12.4 Å². The Bertz CT molecular complexity index is 528. The van der Waals surface area contributed by atoms with E-state index >= 15 is 0 Å². The molecular weight excluding hydrogens is 272 g/mol. The Kier molecular flexibility index (Phi) is 5.76. The third-order valence-electron chi connectivity index (χ3n) is 2.61. The molecular formula is C13H16ClF2N3. The molecule has 0 bridgehead atoms. The molecule has 0 saturated heterocycles. The van der Waals surface area contributed by atoms with Crippen molar-refractivity contribution in [2.75, 3.05) is 12.0 Å². The van der Waals surface area contributed by atoms with Gasteiger partial charge < -0.3 is 5.32 Å². The molecule has 19 heavy (non-hydrogen) atoms.